The molecule has 160 valence electrons. The van der Waals surface area contributed by atoms with E-state index in [4.69, 9.17) is 0 Å². The summed E-state index contributed by atoms with van der Waals surface area (Å²) in [5.74, 6) is 0.527. The summed E-state index contributed by atoms with van der Waals surface area (Å²) in [6.07, 6.45) is 3.87. The zero-order chi connectivity index (χ0) is 22.0. The molecule has 0 atom stereocenters. The number of aryl methyl sites for hydroxylation is 3. The van der Waals surface area contributed by atoms with Crippen LogP contribution in [0.3, 0.4) is 0 Å². The Morgan fingerprint density at radius 2 is 1.94 bits per heavy atom. The first-order valence-corrected chi connectivity index (χ1v) is 12.2. The molecule has 1 aromatic carbocycles. The molecule has 3 heterocycles. The summed E-state index contributed by atoms with van der Waals surface area (Å²) in [5.41, 5.74) is 6.09. The number of nitrogens with one attached hydrogen (secondary N) is 1. The quantitative estimate of drug-likeness (QED) is 0.408. The average Bonchev–Trinajstić information content (AvgIpc) is 3.40. The fourth-order valence-corrected chi connectivity index (χ4v) is 4.51. The molecular weight excluding hydrogens is 428 g/mol. The number of thioether (sulfide) groups is 1. The standard InChI is InChI=1S/C22H24N6OS2/c1-5-15-6-8-16(9-7-15)18-12-31-21(24-18)25-19(29)11-10-17-13(2)23-20-26-22(30-4)27-28(20)14(17)3/h6-9,12H,5,10-11H2,1-4H3,(H,24,25,29). The topological polar surface area (TPSA) is 85.1 Å². The van der Waals surface area contributed by atoms with Crippen LogP contribution in [0.1, 0.15) is 35.9 Å². The van der Waals surface area contributed by atoms with Crippen LogP contribution in [0, 0.1) is 13.8 Å². The summed E-state index contributed by atoms with van der Waals surface area (Å²) in [7, 11) is 0. The molecule has 0 bridgehead atoms. The Bertz CT molecular complexity index is 1230. The molecule has 3 aromatic heterocycles. The second-order valence-corrected chi connectivity index (χ2v) is 8.84. The van der Waals surface area contributed by atoms with Gasteiger partial charge in [-0.3, -0.25) is 4.79 Å². The van der Waals surface area contributed by atoms with Crippen LogP contribution in [0.25, 0.3) is 17.0 Å². The Balaban J connectivity index is 1.42. The first kappa shape index (κ1) is 21.5. The maximum absolute atomic E-state index is 12.5. The van der Waals surface area contributed by atoms with Gasteiger partial charge in [-0.25, -0.2) is 14.5 Å². The number of anilines is 1. The molecule has 4 rings (SSSR count). The second kappa shape index (κ2) is 9.15. The molecule has 0 aliphatic carbocycles. The normalized spacial score (nSPS) is 11.2. The Kier molecular flexibility index (Phi) is 6.33. The molecule has 0 saturated carbocycles. The van der Waals surface area contributed by atoms with Gasteiger partial charge in [-0.2, -0.15) is 4.98 Å². The molecule has 0 radical (unpaired) electrons. The number of carbonyl (C=O) groups excluding carboxylic acids is 1. The van der Waals surface area contributed by atoms with Gasteiger partial charge >= 0.3 is 0 Å². The van der Waals surface area contributed by atoms with Gasteiger partial charge in [0, 0.05) is 28.8 Å². The summed E-state index contributed by atoms with van der Waals surface area (Å²) in [5, 5.41) is 10.7. The number of carbonyl (C=O) groups is 1. The Morgan fingerprint density at radius 1 is 1.16 bits per heavy atom. The van der Waals surface area contributed by atoms with Crippen LogP contribution < -0.4 is 5.32 Å². The second-order valence-electron chi connectivity index (χ2n) is 7.21. The lowest BCUT2D eigenvalue weighted by molar-refractivity contribution is -0.116. The SMILES string of the molecule is CCc1ccc(-c2csc(NC(=O)CCc3c(C)nc4nc(SC)nn4c3C)n2)cc1. The van der Waals surface area contributed by atoms with E-state index in [2.05, 4.69) is 56.6 Å². The van der Waals surface area contributed by atoms with Crippen molar-refractivity contribution in [2.24, 2.45) is 0 Å². The monoisotopic (exact) mass is 452 g/mol. The van der Waals surface area contributed by atoms with Crippen molar-refractivity contribution in [1.29, 1.82) is 0 Å². The molecule has 9 heteroatoms. The number of thiazole rings is 1. The lowest BCUT2D eigenvalue weighted by atomic mass is 10.1. The van der Waals surface area contributed by atoms with Gasteiger partial charge in [-0.15, -0.1) is 16.4 Å². The molecule has 4 aromatic rings. The molecule has 0 unspecified atom stereocenters. The average molecular weight is 453 g/mol. The number of hydrogen-bond donors (Lipinski definition) is 1. The van der Waals surface area contributed by atoms with E-state index in [0.29, 0.717) is 28.9 Å². The number of rotatable bonds is 7. The maximum atomic E-state index is 12.5. The van der Waals surface area contributed by atoms with Crippen LogP contribution in [-0.4, -0.2) is 36.7 Å². The fraction of sp³-hybridized carbons (Fsp3) is 0.318. The number of benzene rings is 1. The first-order valence-electron chi connectivity index (χ1n) is 10.1. The molecule has 7 nitrogen and oxygen atoms in total. The summed E-state index contributed by atoms with van der Waals surface area (Å²) in [6.45, 7) is 6.07. The van der Waals surface area contributed by atoms with E-state index in [0.717, 1.165) is 34.6 Å². The predicted octanol–water partition coefficient (Wildman–Crippen LogP) is 4.72. The molecule has 0 aliphatic rings. The van der Waals surface area contributed by atoms with Crippen molar-refractivity contribution in [3.8, 4) is 11.3 Å². The van der Waals surface area contributed by atoms with Gasteiger partial charge in [0.05, 0.1) is 5.69 Å². The Labute approximate surface area is 189 Å². The highest BCUT2D eigenvalue weighted by atomic mass is 32.2. The lowest BCUT2D eigenvalue weighted by Gasteiger charge is -2.10. The van der Waals surface area contributed by atoms with Gasteiger partial charge in [0.25, 0.3) is 5.78 Å². The van der Waals surface area contributed by atoms with Crippen molar-refractivity contribution >= 4 is 39.9 Å². The highest BCUT2D eigenvalue weighted by molar-refractivity contribution is 7.98. The van der Waals surface area contributed by atoms with Crippen LogP contribution in [-0.2, 0) is 17.6 Å². The number of nitrogens with zero attached hydrogens (tertiary/aromatic N) is 5. The molecule has 0 saturated heterocycles. The van der Waals surface area contributed by atoms with Crippen LogP contribution in [0.2, 0.25) is 0 Å². The van der Waals surface area contributed by atoms with Crippen molar-refractivity contribution in [1.82, 2.24) is 24.6 Å². The van der Waals surface area contributed by atoms with E-state index < -0.39 is 0 Å². The van der Waals surface area contributed by atoms with Gasteiger partial charge in [-0.05, 0) is 44.1 Å². The van der Waals surface area contributed by atoms with Crippen molar-refractivity contribution in [3.05, 3.63) is 52.2 Å². The third kappa shape index (κ3) is 4.62. The lowest BCUT2D eigenvalue weighted by Crippen LogP contribution is -2.14. The minimum atomic E-state index is -0.0653. The first-order chi connectivity index (χ1) is 15.0. The van der Waals surface area contributed by atoms with E-state index in [1.807, 2.05) is 25.5 Å². The van der Waals surface area contributed by atoms with Gasteiger partial charge < -0.3 is 5.32 Å². The van der Waals surface area contributed by atoms with Gasteiger partial charge in [0.1, 0.15) is 0 Å². The number of amides is 1. The molecule has 0 spiro atoms. The zero-order valence-corrected chi connectivity index (χ0v) is 19.6. The van der Waals surface area contributed by atoms with E-state index >= 15 is 0 Å². The Hall–Kier alpha value is -2.78. The maximum Gasteiger partial charge on any atom is 0.253 e. The van der Waals surface area contributed by atoms with E-state index in [1.54, 1.807) is 4.52 Å². The largest absolute Gasteiger partial charge is 0.302 e. The van der Waals surface area contributed by atoms with Gasteiger partial charge in [0.2, 0.25) is 11.1 Å². The van der Waals surface area contributed by atoms with Crippen molar-refractivity contribution < 1.29 is 4.79 Å². The van der Waals surface area contributed by atoms with Crippen LogP contribution in [0.15, 0.2) is 34.8 Å². The van der Waals surface area contributed by atoms with Crippen LogP contribution >= 0.6 is 23.1 Å². The summed E-state index contributed by atoms with van der Waals surface area (Å²) in [6, 6.07) is 8.36. The molecule has 0 aliphatic heterocycles. The number of fused-ring (bicyclic) bond motifs is 1. The predicted molar refractivity (Wildman–Crippen MR) is 126 cm³/mol. The van der Waals surface area contributed by atoms with E-state index in [9.17, 15) is 4.79 Å². The Morgan fingerprint density at radius 3 is 2.65 bits per heavy atom. The summed E-state index contributed by atoms with van der Waals surface area (Å²) in [4.78, 5) is 26.1. The number of aromatic nitrogens is 5. The van der Waals surface area contributed by atoms with Crippen LogP contribution in [0.4, 0.5) is 5.13 Å². The minimum Gasteiger partial charge on any atom is -0.302 e. The zero-order valence-electron chi connectivity index (χ0n) is 18.0. The smallest absolute Gasteiger partial charge is 0.253 e. The van der Waals surface area contributed by atoms with Gasteiger partial charge in [-0.1, -0.05) is 43.0 Å². The van der Waals surface area contributed by atoms with Crippen molar-refractivity contribution in [3.63, 3.8) is 0 Å². The van der Waals surface area contributed by atoms with Crippen molar-refractivity contribution in [2.45, 2.75) is 45.2 Å². The highest BCUT2D eigenvalue weighted by Crippen LogP contribution is 2.25. The van der Waals surface area contributed by atoms with E-state index in [1.165, 1.54) is 28.7 Å². The third-order valence-corrected chi connectivity index (χ3v) is 6.52. The fourth-order valence-electron chi connectivity index (χ4n) is 3.43. The molecule has 31 heavy (non-hydrogen) atoms. The number of hydrogen-bond acceptors (Lipinski definition) is 7. The third-order valence-electron chi connectivity index (χ3n) is 5.22. The minimum absolute atomic E-state index is 0.0653. The molecular formula is C22H24N6OS2. The molecule has 0 fully saturated rings. The molecule has 1 amide bonds. The van der Waals surface area contributed by atoms with E-state index in [-0.39, 0.29) is 5.91 Å². The van der Waals surface area contributed by atoms with Crippen molar-refractivity contribution in [2.75, 3.05) is 11.6 Å². The highest BCUT2D eigenvalue weighted by Gasteiger charge is 2.15. The van der Waals surface area contributed by atoms with Crippen LogP contribution in [0.5, 0.6) is 0 Å². The van der Waals surface area contributed by atoms with Gasteiger partial charge in [0.15, 0.2) is 5.13 Å². The summed E-state index contributed by atoms with van der Waals surface area (Å²) >= 11 is 2.92. The summed E-state index contributed by atoms with van der Waals surface area (Å²) < 4.78 is 1.75. The molecule has 1 N–H and O–H groups in total.